The molecule has 0 aromatic heterocycles. The van der Waals surface area contributed by atoms with Gasteiger partial charge in [-0.05, 0) is 18.2 Å². The molecule has 9 heteroatoms. The maximum absolute atomic E-state index is 13.2. The van der Waals surface area contributed by atoms with Gasteiger partial charge in [0.15, 0.2) is 5.60 Å². The van der Waals surface area contributed by atoms with E-state index in [0.717, 1.165) is 11.0 Å². The Hall–Kier alpha value is -2.37. The van der Waals surface area contributed by atoms with E-state index in [0.29, 0.717) is 4.90 Å². The third-order valence-electron chi connectivity index (χ3n) is 3.70. The van der Waals surface area contributed by atoms with E-state index in [1.807, 2.05) is 0 Å². The van der Waals surface area contributed by atoms with Crippen molar-refractivity contribution in [2.75, 3.05) is 18.5 Å². The summed E-state index contributed by atoms with van der Waals surface area (Å²) in [6.07, 6.45) is -1.76. The summed E-state index contributed by atoms with van der Waals surface area (Å²) in [6, 6.07) is 4.02. The van der Waals surface area contributed by atoms with Crippen molar-refractivity contribution in [3.05, 3.63) is 29.0 Å². The number of likely N-dealkylation sites (N-methyl/N-ethyl adjacent to an activating group) is 1. The lowest BCUT2D eigenvalue weighted by atomic mass is 10.0. The van der Waals surface area contributed by atoms with Crippen LogP contribution in [0.15, 0.2) is 18.2 Å². The standard InChI is InChI=1S/C14H13ClFN3O4/c1-18(8-2-3-10(16)9(15)4-8)12(20)11-5-14(23,6-17)7-19(11)13(21)22/h2-4,11,23H,5,7H2,1H3,(H,21,22). The van der Waals surface area contributed by atoms with Gasteiger partial charge in [-0.3, -0.25) is 9.69 Å². The van der Waals surface area contributed by atoms with Crippen molar-refractivity contribution in [1.29, 1.82) is 5.26 Å². The van der Waals surface area contributed by atoms with Gasteiger partial charge in [0.2, 0.25) is 5.91 Å². The van der Waals surface area contributed by atoms with E-state index in [2.05, 4.69) is 0 Å². The summed E-state index contributed by atoms with van der Waals surface area (Å²) < 4.78 is 13.2. The van der Waals surface area contributed by atoms with Crippen LogP contribution in [0.2, 0.25) is 5.02 Å². The van der Waals surface area contributed by atoms with Crippen LogP contribution in [0, 0.1) is 17.1 Å². The Morgan fingerprint density at radius 1 is 1.57 bits per heavy atom. The molecule has 1 heterocycles. The second-order valence-corrected chi connectivity index (χ2v) is 5.68. The van der Waals surface area contributed by atoms with Crippen molar-refractivity contribution in [3.63, 3.8) is 0 Å². The molecule has 1 aromatic carbocycles. The number of nitrogens with zero attached hydrogens (tertiary/aromatic N) is 3. The van der Waals surface area contributed by atoms with Crippen LogP contribution in [0.1, 0.15) is 6.42 Å². The van der Waals surface area contributed by atoms with Gasteiger partial charge in [0.05, 0.1) is 17.6 Å². The number of halogens is 2. The van der Waals surface area contributed by atoms with Crippen LogP contribution in [0.4, 0.5) is 14.9 Å². The van der Waals surface area contributed by atoms with Crippen molar-refractivity contribution in [3.8, 4) is 6.07 Å². The fraction of sp³-hybridized carbons (Fsp3) is 0.357. The first-order valence-electron chi connectivity index (χ1n) is 6.54. The molecule has 2 rings (SSSR count). The van der Waals surface area contributed by atoms with E-state index in [-0.39, 0.29) is 17.1 Å². The van der Waals surface area contributed by atoms with Crippen molar-refractivity contribution >= 4 is 29.3 Å². The third kappa shape index (κ3) is 3.21. The number of carbonyl (C=O) groups excluding carboxylic acids is 1. The Bertz CT molecular complexity index is 708. The van der Waals surface area contributed by atoms with Crippen molar-refractivity contribution < 1.29 is 24.2 Å². The summed E-state index contributed by atoms with van der Waals surface area (Å²) in [4.78, 5) is 25.6. The molecule has 0 spiro atoms. The van der Waals surface area contributed by atoms with Gasteiger partial charge in [-0.15, -0.1) is 0 Å². The molecule has 1 aliphatic rings. The van der Waals surface area contributed by atoms with Gasteiger partial charge >= 0.3 is 6.09 Å². The Labute approximate surface area is 136 Å². The van der Waals surface area contributed by atoms with E-state index in [4.69, 9.17) is 22.0 Å². The molecule has 1 saturated heterocycles. The number of likely N-dealkylation sites (tertiary alicyclic amines) is 1. The summed E-state index contributed by atoms with van der Waals surface area (Å²) in [6.45, 7) is -0.479. The number of carboxylic acid groups (broad SMARTS) is 1. The van der Waals surface area contributed by atoms with E-state index in [9.17, 15) is 19.1 Å². The summed E-state index contributed by atoms with van der Waals surface area (Å²) in [5.74, 6) is -1.30. The second kappa shape index (κ2) is 6.02. The van der Waals surface area contributed by atoms with Gasteiger partial charge in [0.25, 0.3) is 0 Å². The predicted octanol–water partition coefficient (Wildman–Crippen LogP) is 1.45. The minimum atomic E-state index is -1.92. The lowest BCUT2D eigenvalue weighted by molar-refractivity contribution is -0.122. The number of hydrogen-bond donors (Lipinski definition) is 2. The fourth-order valence-corrected chi connectivity index (χ4v) is 2.61. The number of benzene rings is 1. The number of amides is 2. The highest BCUT2D eigenvalue weighted by atomic mass is 35.5. The molecule has 0 saturated carbocycles. The van der Waals surface area contributed by atoms with Crippen molar-refractivity contribution in [2.24, 2.45) is 0 Å². The maximum atomic E-state index is 13.2. The molecule has 0 aliphatic carbocycles. The molecule has 0 radical (unpaired) electrons. The smallest absolute Gasteiger partial charge is 0.408 e. The molecule has 0 bridgehead atoms. The number of anilines is 1. The first-order chi connectivity index (χ1) is 10.7. The zero-order valence-corrected chi connectivity index (χ0v) is 12.8. The zero-order chi connectivity index (χ0) is 17.4. The average Bonchev–Trinajstić information content (AvgIpc) is 2.87. The second-order valence-electron chi connectivity index (χ2n) is 5.27. The highest BCUT2D eigenvalue weighted by Crippen LogP contribution is 2.30. The van der Waals surface area contributed by atoms with Gasteiger partial charge in [-0.1, -0.05) is 11.6 Å². The fourth-order valence-electron chi connectivity index (χ4n) is 2.43. The first kappa shape index (κ1) is 17.0. The Morgan fingerprint density at radius 2 is 2.22 bits per heavy atom. The molecular weight excluding hydrogens is 329 g/mol. The molecule has 2 atom stereocenters. The van der Waals surface area contributed by atoms with Gasteiger partial charge in [0.1, 0.15) is 11.9 Å². The van der Waals surface area contributed by atoms with E-state index < -0.39 is 36.0 Å². The minimum Gasteiger partial charge on any atom is -0.465 e. The third-order valence-corrected chi connectivity index (χ3v) is 3.99. The monoisotopic (exact) mass is 341 g/mol. The Morgan fingerprint density at radius 3 is 2.74 bits per heavy atom. The highest BCUT2D eigenvalue weighted by molar-refractivity contribution is 6.31. The number of rotatable bonds is 2. The van der Waals surface area contributed by atoms with Gasteiger partial charge in [-0.2, -0.15) is 5.26 Å². The normalized spacial score (nSPS) is 23.4. The van der Waals surface area contributed by atoms with E-state index >= 15 is 0 Å². The number of aliphatic hydroxyl groups is 1. The largest absolute Gasteiger partial charge is 0.465 e. The van der Waals surface area contributed by atoms with Crippen LogP contribution >= 0.6 is 11.6 Å². The summed E-state index contributed by atoms with van der Waals surface area (Å²) in [7, 11) is 1.37. The van der Waals surface area contributed by atoms with Crippen LogP contribution < -0.4 is 4.90 Å². The average molecular weight is 342 g/mol. The lowest BCUT2D eigenvalue weighted by Gasteiger charge is -2.25. The summed E-state index contributed by atoms with van der Waals surface area (Å²) in [5, 5.41) is 27.9. The highest BCUT2D eigenvalue weighted by Gasteiger charge is 2.49. The van der Waals surface area contributed by atoms with Crippen molar-refractivity contribution in [1.82, 2.24) is 4.90 Å². The minimum absolute atomic E-state index is 0.183. The molecule has 2 N–H and O–H groups in total. The van der Waals surface area contributed by atoms with Crippen LogP contribution in [0.25, 0.3) is 0 Å². The lowest BCUT2D eigenvalue weighted by Crippen LogP contribution is -2.46. The Kier molecular flexibility index (Phi) is 4.45. The number of hydrogen-bond acceptors (Lipinski definition) is 4. The van der Waals surface area contributed by atoms with E-state index in [1.165, 1.54) is 19.2 Å². The quantitative estimate of drug-likeness (QED) is 0.792. The summed E-state index contributed by atoms with van der Waals surface area (Å²) in [5.41, 5.74) is -1.65. The molecule has 1 aromatic rings. The van der Waals surface area contributed by atoms with Crippen molar-refractivity contribution in [2.45, 2.75) is 18.1 Å². The van der Waals surface area contributed by atoms with Gasteiger partial charge in [-0.25, -0.2) is 9.18 Å². The summed E-state index contributed by atoms with van der Waals surface area (Å²) >= 11 is 5.67. The topological polar surface area (TPSA) is 105 Å². The molecule has 7 nitrogen and oxygen atoms in total. The molecular formula is C14H13ClFN3O4. The van der Waals surface area contributed by atoms with Gasteiger partial charge < -0.3 is 15.1 Å². The molecule has 1 fully saturated rings. The predicted molar refractivity (Wildman–Crippen MR) is 78.5 cm³/mol. The Balaban J connectivity index is 2.29. The molecule has 1 aliphatic heterocycles. The molecule has 2 unspecified atom stereocenters. The van der Waals surface area contributed by atoms with Crippen LogP contribution in [-0.4, -0.2) is 52.3 Å². The number of nitriles is 1. The molecule has 23 heavy (non-hydrogen) atoms. The number of carbonyl (C=O) groups is 2. The SMILES string of the molecule is CN(C(=O)C1CC(O)(C#N)CN1C(=O)O)c1ccc(F)c(Cl)c1. The van der Waals surface area contributed by atoms with Crippen LogP contribution in [0.3, 0.4) is 0 Å². The maximum Gasteiger partial charge on any atom is 0.408 e. The first-order valence-corrected chi connectivity index (χ1v) is 6.92. The zero-order valence-electron chi connectivity index (χ0n) is 12.0. The molecule has 122 valence electrons. The number of β-amino-alcohol motifs (C(OH)–C–C–N with tert-alkyl or cyclic N) is 1. The van der Waals surface area contributed by atoms with E-state index in [1.54, 1.807) is 6.07 Å². The molecule has 2 amide bonds. The van der Waals surface area contributed by atoms with Crippen LogP contribution in [0.5, 0.6) is 0 Å². The van der Waals surface area contributed by atoms with Crippen LogP contribution in [-0.2, 0) is 4.79 Å². The van der Waals surface area contributed by atoms with Gasteiger partial charge in [0, 0.05) is 19.2 Å².